The average molecular weight is 558 g/mol. The molecule has 2 N–H and O–H groups in total. The summed E-state index contributed by atoms with van der Waals surface area (Å²) >= 11 is 0. The van der Waals surface area contributed by atoms with Crippen LogP contribution in [0.2, 0.25) is 0 Å². The molecule has 1 aliphatic heterocycles. The Hall–Kier alpha value is -4.03. The van der Waals surface area contributed by atoms with Crippen molar-refractivity contribution in [3.8, 4) is 11.5 Å². The molecule has 12 heteroatoms. The Labute approximate surface area is 223 Å². The zero-order valence-corrected chi connectivity index (χ0v) is 21.8. The standard InChI is InChI=1S/C27H25F2N3O6S/c1-15-5-7-18(8-6-15)39(35,36)32-14-20(19-4-3-11-37-16(19)2)24-23(9-10-30-26(24)32)38-25-21(28)12-17(13-22(25)29)31-27(33)34/h5-10,12-14,16,19,31H,3-4,11H2,1-2H3,(H,33,34). The number of hydrogen-bond donors (Lipinski definition) is 2. The Morgan fingerprint density at radius 1 is 1.18 bits per heavy atom. The van der Waals surface area contributed by atoms with E-state index < -0.39 is 33.5 Å². The number of ether oxygens (including phenoxy) is 2. The molecule has 4 aromatic rings. The molecular weight excluding hydrogens is 532 g/mol. The van der Waals surface area contributed by atoms with Gasteiger partial charge in [0.05, 0.1) is 22.1 Å². The Bertz CT molecular complexity index is 1650. The first-order valence-electron chi connectivity index (χ1n) is 12.2. The van der Waals surface area contributed by atoms with Gasteiger partial charge in [-0.25, -0.2) is 30.9 Å². The van der Waals surface area contributed by atoms with Crippen LogP contribution in [0.5, 0.6) is 11.5 Å². The van der Waals surface area contributed by atoms with Crippen molar-refractivity contribution in [1.82, 2.24) is 8.96 Å². The number of nitrogens with zero attached hydrogens (tertiary/aromatic N) is 2. The van der Waals surface area contributed by atoms with Crippen LogP contribution < -0.4 is 10.1 Å². The van der Waals surface area contributed by atoms with Gasteiger partial charge in [0.15, 0.2) is 23.0 Å². The van der Waals surface area contributed by atoms with Crippen LogP contribution in [0.4, 0.5) is 19.3 Å². The van der Waals surface area contributed by atoms with Crippen LogP contribution in [0.3, 0.4) is 0 Å². The molecule has 204 valence electrons. The summed E-state index contributed by atoms with van der Waals surface area (Å²) in [6.07, 6.45) is 2.45. The van der Waals surface area contributed by atoms with Crippen molar-refractivity contribution in [3.05, 3.63) is 77.6 Å². The molecule has 0 aliphatic carbocycles. The van der Waals surface area contributed by atoms with E-state index >= 15 is 0 Å². The van der Waals surface area contributed by atoms with Crippen LogP contribution in [0, 0.1) is 18.6 Å². The average Bonchev–Trinajstić information content (AvgIpc) is 3.28. The first-order chi connectivity index (χ1) is 18.6. The van der Waals surface area contributed by atoms with Crippen molar-refractivity contribution in [2.45, 2.75) is 43.6 Å². The number of aryl methyl sites for hydroxylation is 1. The van der Waals surface area contributed by atoms with Crippen LogP contribution in [-0.4, -0.2) is 41.3 Å². The number of anilines is 1. The summed E-state index contributed by atoms with van der Waals surface area (Å²) in [7, 11) is -4.09. The van der Waals surface area contributed by atoms with Gasteiger partial charge >= 0.3 is 6.09 Å². The number of halogens is 2. The fourth-order valence-electron chi connectivity index (χ4n) is 4.79. The second kappa shape index (κ2) is 10.3. The third-order valence-electron chi connectivity index (χ3n) is 6.69. The summed E-state index contributed by atoms with van der Waals surface area (Å²) in [5.41, 5.74) is 1.17. The van der Waals surface area contributed by atoms with E-state index in [1.54, 1.807) is 12.1 Å². The first-order valence-corrected chi connectivity index (χ1v) is 13.6. The maximum atomic E-state index is 14.9. The van der Waals surface area contributed by atoms with E-state index in [2.05, 4.69) is 4.98 Å². The van der Waals surface area contributed by atoms with Crippen molar-refractivity contribution in [2.24, 2.45) is 0 Å². The third kappa shape index (κ3) is 5.04. The fourth-order valence-corrected chi connectivity index (χ4v) is 6.12. The van der Waals surface area contributed by atoms with Gasteiger partial charge in [0.2, 0.25) is 0 Å². The van der Waals surface area contributed by atoms with E-state index in [0.717, 1.165) is 28.1 Å². The van der Waals surface area contributed by atoms with E-state index in [9.17, 15) is 22.0 Å². The smallest absolute Gasteiger partial charge is 0.409 e. The Morgan fingerprint density at radius 3 is 2.51 bits per heavy atom. The maximum Gasteiger partial charge on any atom is 0.409 e. The highest BCUT2D eigenvalue weighted by molar-refractivity contribution is 7.90. The topological polar surface area (TPSA) is 120 Å². The minimum absolute atomic E-state index is 0.0117. The number of amides is 1. The predicted octanol–water partition coefficient (Wildman–Crippen LogP) is 6.02. The summed E-state index contributed by atoms with van der Waals surface area (Å²) in [4.78, 5) is 15.3. The number of fused-ring (bicyclic) bond motifs is 1. The van der Waals surface area contributed by atoms with Gasteiger partial charge in [-0.3, -0.25) is 5.32 Å². The maximum absolute atomic E-state index is 14.9. The summed E-state index contributed by atoms with van der Waals surface area (Å²) in [5.74, 6) is -3.31. The molecule has 3 heterocycles. The van der Waals surface area contributed by atoms with Crippen LogP contribution >= 0.6 is 0 Å². The molecule has 39 heavy (non-hydrogen) atoms. The van der Waals surface area contributed by atoms with Crippen molar-refractivity contribution in [2.75, 3.05) is 11.9 Å². The van der Waals surface area contributed by atoms with Crippen LogP contribution in [0.15, 0.2) is 59.8 Å². The molecule has 2 aromatic carbocycles. The van der Waals surface area contributed by atoms with Gasteiger partial charge in [-0.15, -0.1) is 0 Å². The quantitative estimate of drug-likeness (QED) is 0.297. The fraction of sp³-hybridized carbons (Fsp3) is 0.259. The van der Waals surface area contributed by atoms with Gasteiger partial charge in [0.25, 0.3) is 10.0 Å². The highest BCUT2D eigenvalue weighted by Gasteiger charge is 2.32. The minimum Gasteiger partial charge on any atom is -0.465 e. The van der Waals surface area contributed by atoms with E-state index in [-0.39, 0.29) is 39.4 Å². The van der Waals surface area contributed by atoms with E-state index in [0.29, 0.717) is 18.6 Å². The number of carboxylic acid groups (broad SMARTS) is 1. The van der Waals surface area contributed by atoms with E-state index in [4.69, 9.17) is 14.6 Å². The lowest BCUT2D eigenvalue weighted by atomic mass is 9.88. The largest absolute Gasteiger partial charge is 0.465 e. The molecule has 5 rings (SSSR count). The summed E-state index contributed by atoms with van der Waals surface area (Å²) < 4.78 is 69.8. The highest BCUT2D eigenvalue weighted by Crippen LogP contribution is 2.42. The summed E-state index contributed by atoms with van der Waals surface area (Å²) in [5, 5.41) is 11.0. The molecule has 0 radical (unpaired) electrons. The molecule has 2 unspecified atom stereocenters. The lowest BCUT2D eigenvalue weighted by Gasteiger charge is -2.29. The molecule has 9 nitrogen and oxygen atoms in total. The first kappa shape index (κ1) is 26.6. The summed E-state index contributed by atoms with van der Waals surface area (Å²) in [6, 6.07) is 9.34. The number of aromatic nitrogens is 2. The van der Waals surface area contributed by atoms with E-state index in [1.807, 2.05) is 19.2 Å². The molecular formula is C27H25F2N3O6S. The lowest BCUT2D eigenvalue weighted by molar-refractivity contribution is 0.0119. The highest BCUT2D eigenvalue weighted by atomic mass is 32.2. The van der Waals surface area contributed by atoms with Gasteiger partial charge in [-0.1, -0.05) is 17.7 Å². The molecule has 0 spiro atoms. The molecule has 0 saturated carbocycles. The van der Waals surface area contributed by atoms with Crippen LogP contribution in [-0.2, 0) is 14.8 Å². The predicted molar refractivity (Wildman–Crippen MR) is 139 cm³/mol. The van der Waals surface area contributed by atoms with Crippen molar-refractivity contribution in [1.29, 1.82) is 0 Å². The normalized spacial score (nSPS) is 17.7. The zero-order valence-electron chi connectivity index (χ0n) is 21.0. The number of carbonyl (C=O) groups is 1. The SMILES string of the molecule is Cc1ccc(S(=O)(=O)n2cc(C3CCCOC3C)c3c(Oc4c(F)cc(NC(=O)O)cc4F)ccnc32)cc1. The van der Waals surface area contributed by atoms with Crippen LogP contribution in [0.1, 0.15) is 36.8 Å². The Kier molecular flexibility index (Phi) is 7.00. The molecule has 0 bridgehead atoms. The lowest BCUT2D eigenvalue weighted by Crippen LogP contribution is -2.25. The minimum atomic E-state index is -4.09. The number of rotatable bonds is 6. The number of nitrogens with one attached hydrogen (secondary N) is 1. The van der Waals surface area contributed by atoms with E-state index in [1.165, 1.54) is 30.6 Å². The second-order valence-electron chi connectivity index (χ2n) is 9.33. The number of benzene rings is 2. The molecule has 1 fully saturated rings. The van der Waals surface area contributed by atoms with Gasteiger partial charge < -0.3 is 14.6 Å². The number of pyridine rings is 1. The molecule has 1 aliphatic rings. The van der Waals surface area contributed by atoms with Crippen molar-refractivity contribution in [3.63, 3.8) is 0 Å². The summed E-state index contributed by atoms with van der Waals surface area (Å²) in [6.45, 7) is 4.29. The van der Waals surface area contributed by atoms with Crippen molar-refractivity contribution < 1.29 is 36.6 Å². The van der Waals surface area contributed by atoms with Gasteiger partial charge in [-0.2, -0.15) is 0 Å². The zero-order chi connectivity index (χ0) is 27.9. The second-order valence-corrected chi connectivity index (χ2v) is 11.1. The van der Waals surface area contributed by atoms with Crippen molar-refractivity contribution >= 4 is 32.8 Å². The Morgan fingerprint density at radius 2 is 1.87 bits per heavy atom. The van der Waals surface area contributed by atoms with Crippen LogP contribution in [0.25, 0.3) is 11.0 Å². The number of hydrogen-bond acceptors (Lipinski definition) is 6. The Balaban J connectivity index is 1.69. The third-order valence-corrected chi connectivity index (χ3v) is 8.36. The van der Waals surface area contributed by atoms with Gasteiger partial charge in [0.1, 0.15) is 5.75 Å². The van der Waals surface area contributed by atoms with Gasteiger partial charge in [-0.05, 0) is 50.5 Å². The molecule has 1 amide bonds. The molecule has 2 aromatic heterocycles. The molecule has 1 saturated heterocycles. The van der Waals surface area contributed by atoms with Gasteiger partial charge in [0, 0.05) is 37.1 Å². The molecule has 2 atom stereocenters. The monoisotopic (exact) mass is 557 g/mol.